The van der Waals surface area contributed by atoms with Crippen LogP contribution in [0.25, 0.3) is 0 Å². The van der Waals surface area contributed by atoms with Gasteiger partial charge in [-0.25, -0.2) is 4.90 Å². The van der Waals surface area contributed by atoms with E-state index in [0.29, 0.717) is 23.1 Å². The Morgan fingerprint density at radius 2 is 1.59 bits per heavy atom. The number of nitrogens with zero attached hydrogens (tertiary/aromatic N) is 1. The molecule has 2 aromatic carbocycles. The summed E-state index contributed by atoms with van der Waals surface area (Å²) in [5, 5.41) is 2.96. The van der Waals surface area contributed by atoms with Gasteiger partial charge >= 0.3 is 0 Å². The summed E-state index contributed by atoms with van der Waals surface area (Å²) in [6.45, 7) is 2.04. The minimum atomic E-state index is -0.304. The zero-order valence-corrected chi connectivity index (χ0v) is 16.4. The molecule has 5 rings (SSSR count). The van der Waals surface area contributed by atoms with E-state index in [1.165, 1.54) is 4.90 Å². The molecule has 0 aromatic heterocycles. The molecule has 4 atom stereocenters. The first kappa shape index (κ1) is 18.1. The Balaban J connectivity index is 1.48. The number of carbonyl (C=O) groups is 3. The van der Waals surface area contributed by atoms with E-state index in [0.717, 1.165) is 36.9 Å². The van der Waals surface area contributed by atoms with Crippen LogP contribution in [0.1, 0.15) is 42.1 Å². The van der Waals surface area contributed by atoms with Crippen LogP contribution in [0, 0.1) is 23.7 Å². The number of para-hydroxylation sites is 2. The van der Waals surface area contributed by atoms with Crippen molar-refractivity contribution in [3.05, 3.63) is 59.7 Å². The molecule has 1 aliphatic heterocycles. The fraction of sp³-hybridized carbons (Fsp3) is 0.375. The fourth-order valence-corrected chi connectivity index (χ4v) is 5.65. The van der Waals surface area contributed by atoms with Crippen LogP contribution in [0.2, 0.25) is 0 Å². The van der Waals surface area contributed by atoms with Crippen LogP contribution in [-0.4, -0.2) is 17.7 Å². The maximum atomic E-state index is 13.2. The van der Waals surface area contributed by atoms with Crippen LogP contribution >= 0.6 is 0 Å². The minimum absolute atomic E-state index is 0.124. The van der Waals surface area contributed by atoms with Gasteiger partial charge in [-0.3, -0.25) is 14.4 Å². The first-order valence-corrected chi connectivity index (χ1v) is 10.5. The number of aryl methyl sites for hydroxylation is 1. The highest BCUT2D eigenvalue weighted by Crippen LogP contribution is 2.56. The molecule has 2 aromatic rings. The van der Waals surface area contributed by atoms with Crippen LogP contribution in [-0.2, 0) is 16.0 Å². The van der Waals surface area contributed by atoms with E-state index in [1.807, 2.05) is 31.2 Å². The lowest BCUT2D eigenvalue weighted by Gasteiger charge is -2.20. The predicted octanol–water partition coefficient (Wildman–Crippen LogP) is 4.04. The van der Waals surface area contributed by atoms with Gasteiger partial charge in [-0.1, -0.05) is 37.3 Å². The number of nitrogens with one attached hydrogen (secondary N) is 1. The molecule has 3 fully saturated rings. The van der Waals surface area contributed by atoms with Crippen molar-refractivity contribution >= 4 is 29.1 Å². The lowest BCUT2D eigenvalue weighted by Crippen LogP contribution is -2.34. The first-order valence-electron chi connectivity index (χ1n) is 10.5. The first-order chi connectivity index (χ1) is 14.1. The van der Waals surface area contributed by atoms with Crippen molar-refractivity contribution in [2.75, 3.05) is 10.2 Å². The van der Waals surface area contributed by atoms with Gasteiger partial charge in [0.1, 0.15) is 0 Å². The normalized spacial score (nSPS) is 27.4. The van der Waals surface area contributed by atoms with Gasteiger partial charge in [0, 0.05) is 5.69 Å². The van der Waals surface area contributed by atoms with Crippen LogP contribution in [0.15, 0.2) is 48.5 Å². The summed E-state index contributed by atoms with van der Waals surface area (Å²) in [5.74, 6) is -0.297. The van der Waals surface area contributed by atoms with Crippen LogP contribution < -0.4 is 10.2 Å². The second kappa shape index (κ2) is 6.83. The van der Waals surface area contributed by atoms with Crippen molar-refractivity contribution in [2.24, 2.45) is 23.7 Å². The van der Waals surface area contributed by atoms with Gasteiger partial charge in [0.15, 0.2) is 0 Å². The molecule has 5 nitrogen and oxygen atoms in total. The summed E-state index contributed by atoms with van der Waals surface area (Å²) in [6, 6.07) is 14.6. The van der Waals surface area contributed by atoms with Crippen molar-refractivity contribution < 1.29 is 14.4 Å². The number of anilines is 2. The summed E-state index contributed by atoms with van der Waals surface area (Å²) in [4.78, 5) is 40.8. The van der Waals surface area contributed by atoms with Crippen molar-refractivity contribution in [3.8, 4) is 0 Å². The molecular formula is C24H24N2O3. The smallest absolute Gasteiger partial charge is 0.257 e. The summed E-state index contributed by atoms with van der Waals surface area (Å²) >= 11 is 0. The number of fused-ring (bicyclic) bond motifs is 5. The molecule has 3 amide bonds. The lowest BCUT2D eigenvalue weighted by atomic mass is 9.81. The fourth-order valence-electron chi connectivity index (χ4n) is 5.65. The Bertz CT molecular complexity index is 987. The number of amides is 3. The third kappa shape index (κ3) is 2.71. The summed E-state index contributed by atoms with van der Waals surface area (Å²) in [7, 11) is 0. The topological polar surface area (TPSA) is 66.5 Å². The van der Waals surface area contributed by atoms with Gasteiger partial charge in [-0.05, 0) is 61.3 Å². The maximum absolute atomic E-state index is 13.2. The molecular weight excluding hydrogens is 364 g/mol. The summed E-state index contributed by atoms with van der Waals surface area (Å²) in [5.41, 5.74) is 2.55. The second-order valence-corrected chi connectivity index (χ2v) is 8.38. The molecule has 1 N–H and O–H groups in total. The van der Waals surface area contributed by atoms with Crippen molar-refractivity contribution in [1.82, 2.24) is 0 Å². The lowest BCUT2D eigenvalue weighted by molar-refractivity contribution is -0.123. The molecule has 1 saturated heterocycles. The number of hydrogen-bond acceptors (Lipinski definition) is 3. The van der Waals surface area contributed by atoms with Gasteiger partial charge in [-0.2, -0.15) is 0 Å². The molecule has 29 heavy (non-hydrogen) atoms. The van der Waals surface area contributed by atoms with E-state index < -0.39 is 0 Å². The maximum Gasteiger partial charge on any atom is 0.257 e. The molecule has 0 spiro atoms. The third-order valence-electron chi connectivity index (χ3n) is 6.96. The van der Waals surface area contributed by atoms with E-state index in [2.05, 4.69) is 5.32 Å². The Kier molecular flexibility index (Phi) is 4.26. The van der Waals surface area contributed by atoms with Crippen LogP contribution in [0.4, 0.5) is 11.4 Å². The quantitative estimate of drug-likeness (QED) is 0.804. The molecule has 0 radical (unpaired) electrons. The Labute approximate surface area is 170 Å². The SMILES string of the molecule is CCc1ccccc1NC(=O)c1ccccc1N1C(=O)[C@@H]2[C@H]3CC[C@@H](C3)[C@@H]2C1=O. The summed E-state index contributed by atoms with van der Waals surface area (Å²) in [6.07, 6.45) is 3.87. The van der Waals surface area contributed by atoms with Crippen molar-refractivity contribution in [2.45, 2.75) is 32.6 Å². The van der Waals surface area contributed by atoms with Gasteiger partial charge in [0.2, 0.25) is 11.8 Å². The molecule has 2 aliphatic carbocycles. The zero-order valence-electron chi connectivity index (χ0n) is 16.4. The largest absolute Gasteiger partial charge is 0.322 e. The zero-order chi connectivity index (χ0) is 20.1. The van der Waals surface area contributed by atoms with Crippen LogP contribution in [0.3, 0.4) is 0 Å². The van der Waals surface area contributed by atoms with E-state index in [1.54, 1.807) is 24.3 Å². The van der Waals surface area contributed by atoms with Gasteiger partial charge in [-0.15, -0.1) is 0 Å². The van der Waals surface area contributed by atoms with Gasteiger partial charge in [0.25, 0.3) is 5.91 Å². The highest BCUT2D eigenvalue weighted by molar-refractivity contribution is 6.25. The summed E-state index contributed by atoms with van der Waals surface area (Å²) < 4.78 is 0. The molecule has 148 valence electrons. The van der Waals surface area contributed by atoms with E-state index in [9.17, 15) is 14.4 Å². The number of benzene rings is 2. The third-order valence-corrected chi connectivity index (χ3v) is 6.96. The molecule has 0 unspecified atom stereocenters. The number of rotatable bonds is 4. The Hall–Kier alpha value is -2.95. The van der Waals surface area contributed by atoms with Gasteiger partial charge in [0.05, 0.1) is 23.1 Å². The number of imide groups is 1. The van der Waals surface area contributed by atoms with Crippen LogP contribution in [0.5, 0.6) is 0 Å². The van der Waals surface area contributed by atoms with E-state index >= 15 is 0 Å². The predicted molar refractivity (Wildman–Crippen MR) is 111 cm³/mol. The monoisotopic (exact) mass is 388 g/mol. The second-order valence-electron chi connectivity index (χ2n) is 8.38. The Morgan fingerprint density at radius 3 is 2.28 bits per heavy atom. The average Bonchev–Trinajstić information content (AvgIpc) is 3.42. The average molecular weight is 388 g/mol. The van der Waals surface area contributed by atoms with Gasteiger partial charge < -0.3 is 5.32 Å². The minimum Gasteiger partial charge on any atom is -0.322 e. The molecule has 3 aliphatic rings. The van der Waals surface area contributed by atoms with Crippen molar-refractivity contribution in [3.63, 3.8) is 0 Å². The highest BCUT2D eigenvalue weighted by atomic mass is 16.2. The number of hydrogen-bond donors (Lipinski definition) is 1. The number of carbonyl (C=O) groups excluding carboxylic acids is 3. The van der Waals surface area contributed by atoms with E-state index in [4.69, 9.17) is 0 Å². The Morgan fingerprint density at radius 1 is 0.966 bits per heavy atom. The molecule has 5 heteroatoms. The standard InChI is InChI=1S/C24H24N2O3/c1-2-14-7-3-5-9-18(14)25-22(27)17-8-4-6-10-19(17)26-23(28)20-15-11-12-16(13-15)21(20)24(26)29/h3-10,15-16,20-21H,2,11-13H2,1H3,(H,25,27)/t15-,16-,20-,21+/m0/s1. The van der Waals surface area contributed by atoms with Crippen molar-refractivity contribution in [1.29, 1.82) is 0 Å². The van der Waals surface area contributed by atoms with E-state index in [-0.39, 0.29) is 29.6 Å². The molecule has 2 saturated carbocycles. The molecule has 2 bridgehead atoms. The highest BCUT2D eigenvalue weighted by Gasteiger charge is 2.61. The molecule has 1 heterocycles.